The molecule has 0 aliphatic carbocycles. The minimum atomic E-state index is -0.717. The second kappa shape index (κ2) is 2.94. The van der Waals surface area contributed by atoms with E-state index in [1.54, 1.807) is 6.21 Å². The molecule has 2 rings (SSSR count). The molecule has 1 atom stereocenters. The lowest BCUT2D eigenvalue weighted by Gasteiger charge is -2.18. The van der Waals surface area contributed by atoms with Crippen LogP contribution in [-0.2, 0) is 14.9 Å². The summed E-state index contributed by atoms with van der Waals surface area (Å²) < 4.78 is 4.76. The number of benzene rings is 1. The third kappa shape index (κ3) is 1.05. The van der Waals surface area contributed by atoms with Crippen LogP contribution in [0.3, 0.4) is 0 Å². The smallest absolute Gasteiger partial charge is 0.321 e. The van der Waals surface area contributed by atoms with Crippen molar-refractivity contribution in [1.82, 2.24) is 0 Å². The predicted molar refractivity (Wildman–Crippen MR) is 54.0 cm³/mol. The molecule has 0 saturated carbocycles. The molecule has 1 aliphatic rings. The molecule has 0 spiro atoms. The molecule has 0 saturated heterocycles. The Morgan fingerprint density at radius 1 is 1.43 bits per heavy atom. The van der Waals surface area contributed by atoms with E-state index in [4.69, 9.17) is 4.74 Å². The Balaban J connectivity index is 2.52. The van der Waals surface area contributed by atoms with Gasteiger partial charge in [-0.2, -0.15) is 0 Å². The van der Waals surface area contributed by atoms with Gasteiger partial charge in [-0.25, -0.2) is 0 Å². The quantitative estimate of drug-likeness (QED) is 0.632. The van der Waals surface area contributed by atoms with E-state index in [0.717, 1.165) is 11.3 Å². The monoisotopic (exact) mass is 189 g/mol. The van der Waals surface area contributed by atoms with Crippen molar-refractivity contribution in [3.05, 3.63) is 29.8 Å². The van der Waals surface area contributed by atoms with E-state index in [2.05, 4.69) is 4.99 Å². The summed E-state index contributed by atoms with van der Waals surface area (Å²) in [5.41, 5.74) is 1.04. The molecule has 1 aromatic rings. The fourth-order valence-corrected chi connectivity index (χ4v) is 1.67. The average molecular weight is 189 g/mol. The number of hydrogen-bond donors (Lipinski definition) is 0. The first kappa shape index (κ1) is 8.94. The Morgan fingerprint density at radius 2 is 2.14 bits per heavy atom. The van der Waals surface area contributed by atoms with Crippen LogP contribution in [0.4, 0.5) is 5.69 Å². The lowest BCUT2D eigenvalue weighted by molar-refractivity contribution is -0.143. The standard InChI is InChI=1S/C11H11NO2/c1-11(10(13)14-2)7-12-9-6-4-3-5-8(9)11/h3-7H,1-2H3. The Hall–Kier alpha value is -1.64. The molecule has 0 amide bonds. The maximum absolute atomic E-state index is 11.6. The van der Waals surface area contributed by atoms with Crippen molar-refractivity contribution < 1.29 is 9.53 Å². The fraction of sp³-hybridized carbons (Fsp3) is 0.273. The summed E-state index contributed by atoms with van der Waals surface area (Å²) in [6, 6.07) is 7.59. The molecule has 0 fully saturated rings. The van der Waals surface area contributed by atoms with Gasteiger partial charge in [-0.1, -0.05) is 18.2 Å². The van der Waals surface area contributed by atoms with Crippen LogP contribution >= 0.6 is 0 Å². The van der Waals surface area contributed by atoms with Gasteiger partial charge in [0.2, 0.25) is 0 Å². The van der Waals surface area contributed by atoms with Crippen LogP contribution in [-0.4, -0.2) is 19.3 Å². The third-order valence-corrected chi connectivity index (χ3v) is 2.53. The van der Waals surface area contributed by atoms with Gasteiger partial charge in [0, 0.05) is 11.8 Å². The molecular weight excluding hydrogens is 178 g/mol. The Bertz CT molecular complexity index is 412. The maximum Gasteiger partial charge on any atom is 0.321 e. The van der Waals surface area contributed by atoms with Gasteiger partial charge in [-0.05, 0) is 13.0 Å². The number of fused-ring (bicyclic) bond motifs is 1. The van der Waals surface area contributed by atoms with E-state index in [9.17, 15) is 4.79 Å². The lowest BCUT2D eigenvalue weighted by Crippen LogP contribution is -2.33. The highest BCUT2D eigenvalue weighted by Gasteiger charge is 2.39. The highest BCUT2D eigenvalue weighted by atomic mass is 16.5. The number of esters is 1. The summed E-state index contributed by atoms with van der Waals surface area (Å²) in [7, 11) is 1.39. The molecule has 14 heavy (non-hydrogen) atoms. The summed E-state index contributed by atoms with van der Waals surface area (Å²) in [5.74, 6) is -0.272. The molecule has 0 radical (unpaired) electrons. The second-order valence-electron chi connectivity index (χ2n) is 3.47. The van der Waals surface area contributed by atoms with Crippen LogP contribution in [0.15, 0.2) is 29.3 Å². The zero-order valence-corrected chi connectivity index (χ0v) is 8.15. The zero-order chi connectivity index (χ0) is 10.2. The summed E-state index contributed by atoms with van der Waals surface area (Å²) >= 11 is 0. The van der Waals surface area contributed by atoms with Gasteiger partial charge in [-0.15, -0.1) is 0 Å². The summed E-state index contributed by atoms with van der Waals surface area (Å²) in [6.45, 7) is 1.81. The molecule has 0 bridgehead atoms. The predicted octanol–water partition coefficient (Wildman–Crippen LogP) is 1.83. The van der Waals surface area contributed by atoms with Crippen molar-refractivity contribution in [2.24, 2.45) is 4.99 Å². The van der Waals surface area contributed by atoms with Gasteiger partial charge < -0.3 is 4.74 Å². The molecule has 3 nitrogen and oxygen atoms in total. The van der Waals surface area contributed by atoms with Crippen molar-refractivity contribution in [3.8, 4) is 0 Å². The highest BCUT2D eigenvalue weighted by molar-refractivity contribution is 6.06. The van der Waals surface area contributed by atoms with Crippen LogP contribution in [0.1, 0.15) is 12.5 Å². The fourth-order valence-electron chi connectivity index (χ4n) is 1.67. The maximum atomic E-state index is 11.6. The molecule has 3 heteroatoms. The number of nitrogens with zero attached hydrogens (tertiary/aromatic N) is 1. The molecule has 1 aliphatic heterocycles. The van der Waals surface area contributed by atoms with Crippen molar-refractivity contribution in [3.63, 3.8) is 0 Å². The van der Waals surface area contributed by atoms with Crippen molar-refractivity contribution in [1.29, 1.82) is 0 Å². The topological polar surface area (TPSA) is 38.7 Å². The van der Waals surface area contributed by atoms with Crippen molar-refractivity contribution in [2.75, 3.05) is 7.11 Å². The van der Waals surface area contributed by atoms with E-state index in [-0.39, 0.29) is 5.97 Å². The van der Waals surface area contributed by atoms with E-state index in [1.165, 1.54) is 7.11 Å². The third-order valence-electron chi connectivity index (χ3n) is 2.53. The first-order valence-electron chi connectivity index (χ1n) is 4.41. The number of rotatable bonds is 1. The molecule has 0 N–H and O–H groups in total. The van der Waals surface area contributed by atoms with E-state index in [1.807, 2.05) is 31.2 Å². The minimum absolute atomic E-state index is 0.272. The first-order chi connectivity index (χ1) is 6.68. The minimum Gasteiger partial charge on any atom is -0.468 e. The Labute approximate surface area is 82.4 Å². The van der Waals surface area contributed by atoms with Gasteiger partial charge in [0.25, 0.3) is 0 Å². The number of ether oxygens (including phenoxy) is 1. The van der Waals surface area contributed by atoms with Crippen molar-refractivity contribution >= 4 is 17.9 Å². The lowest BCUT2D eigenvalue weighted by atomic mass is 9.85. The molecular formula is C11H11NO2. The number of carbonyl (C=O) groups excluding carboxylic acids is 1. The van der Waals surface area contributed by atoms with Gasteiger partial charge in [0.05, 0.1) is 12.8 Å². The highest BCUT2D eigenvalue weighted by Crippen LogP contribution is 2.36. The van der Waals surface area contributed by atoms with Gasteiger partial charge in [0.1, 0.15) is 5.41 Å². The largest absolute Gasteiger partial charge is 0.468 e. The normalized spacial score (nSPS) is 23.3. The number of para-hydroxylation sites is 1. The molecule has 1 aromatic carbocycles. The van der Waals surface area contributed by atoms with Crippen LogP contribution in [0.5, 0.6) is 0 Å². The molecule has 0 aromatic heterocycles. The number of hydrogen-bond acceptors (Lipinski definition) is 3. The summed E-state index contributed by atoms with van der Waals surface area (Å²) in [6.07, 6.45) is 1.64. The number of aliphatic imine (C=N–C) groups is 1. The SMILES string of the molecule is COC(=O)C1(C)C=Nc2ccccc21. The molecule has 1 unspecified atom stereocenters. The molecule has 72 valence electrons. The average Bonchev–Trinajstić information content (AvgIpc) is 2.58. The first-order valence-corrected chi connectivity index (χ1v) is 4.41. The summed E-state index contributed by atoms with van der Waals surface area (Å²) in [5, 5.41) is 0. The summed E-state index contributed by atoms with van der Waals surface area (Å²) in [4.78, 5) is 15.8. The van der Waals surface area contributed by atoms with E-state index >= 15 is 0 Å². The van der Waals surface area contributed by atoms with Crippen LogP contribution in [0.25, 0.3) is 0 Å². The second-order valence-corrected chi connectivity index (χ2v) is 3.47. The van der Waals surface area contributed by atoms with Crippen LogP contribution < -0.4 is 0 Å². The van der Waals surface area contributed by atoms with Crippen molar-refractivity contribution in [2.45, 2.75) is 12.3 Å². The van der Waals surface area contributed by atoms with Gasteiger partial charge in [0.15, 0.2) is 0 Å². The van der Waals surface area contributed by atoms with Gasteiger partial charge >= 0.3 is 5.97 Å². The number of carbonyl (C=O) groups is 1. The zero-order valence-electron chi connectivity index (χ0n) is 8.15. The number of methoxy groups -OCH3 is 1. The van der Waals surface area contributed by atoms with Crippen LogP contribution in [0.2, 0.25) is 0 Å². The Morgan fingerprint density at radius 3 is 2.86 bits per heavy atom. The van der Waals surface area contributed by atoms with E-state index < -0.39 is 5.41 Å². The van der Waals surface area contributed by atoms with Gasteiger partial charge in [-0.3, -0.25) is 9.79 Å². The van der Waals surface area contributed by atoms with Crippen LogP contribution in [0, 0.1) is 0 Å². The molecule has 1 heterocycles. The van der Waals surface area contributed by atoms with E-state index in [0.29, 0.717) is 0 Å². The Kier molecular flexibility index (Phi) is 1.88.